The fourth-order valence-electron chi connectivity index (χ4n) is 3.67. The summed E-state index contributed by atoms with van der Waals surface area (Å²) >= 11 is 0. The van der Waals surface area contributed by atoms with Crippen molar-refractivity contribution in [2.45, 2.75) is 38.5 Å². The number of hydrogen-bond acceptors (Lipinski definition) is 3. The van der Waals surface area contributed by atoms with E-state index in [1.54, 1.807) is 0 Å². The summed E-state index contributed by atoms with van der Waals surface area (Å²) in [7, 11) is -2.99. The van der Waals surface area contributed by atoms with Crippen molar-refractivity contribution < 1.29 is 8.42 Å². The molecule has 0 heterocycles. The van der Waals surface area contributed by atoms with E-state index in [0.29, 0.717) is 12.5 Å². The first kappa shape index (κ1) is 16.3. The molecular formula is C17H25N3O2S. The number of aliphatic imine (C=N–C) groups is 1. The summed E-state index contributed by atoms with van der Waals surface area (Å²) in [6.45, 7) is 0.476. The Morgan fingerprint density at radius 1 is 1.26 bits per heavy atom. The molecule has 126 valence electrons. The van der Waals surface area contributed by atoms with Crippen molar-refractivity contribution in [2.24, 2.45) is 16.1 Å². The van der Waals surface area contributed by atoms with Crippen molar-refractivity contribution in [3.63, 3.8) is 0 Å². The highest BCUT2D eigenvalue weighted by Crippen LogP contribution is 2.42. The zero-order valence-electron chi connectivity index (χ0n) is 13.6. The first-order valence-corrected chi connectivity index (χ1v) is 10.3. The van der Waals surface area contributed by atoms with Crippen molar-refractivity contribution in [1.82, 2.24) is 0 Å². The molecule has 2 aliphatic carbocycles. The molecule has 6 heteroatoms. The topological polar surface area (TPSA) is 84.5 Å². The van der Waals surface area contributed by atoms with Gasteiger partial charge in [0.25, 0.3) is 0 Å². The summed E-state index contributed by atoms with van der Waals surface area (Å²) in [5, 5.41) is 3.13. The van der Waals surface area contributed by atoms with Crippen molar-refractivity contribution in [2.75, 3.05) is 23.9 Å². The highest BCUT2D eigenvalue weighted by molar-refractivity contribution is 7.90. The number of rotatable bonds is 5. The van der Waals surface area contributed by atoms with Crippen molar-refractivity contribution in [1.29, 1.82) is 0 Å². The van der Waals surface area contributed by atoms with E-state index in [-0.39, 0.29) is 11.2 Å². The number of nitrogens with zero attached hydrogens (tertiary/aromatic N) is 1. The Labute approximate surface area is 138 Å². The maximum absolute atomic E-state index is 11.6. The molecule has 3 N–H and O–H groups in total. The van der Waals surface area contributed by atoms with Crippen LogP contribution < -0.4 is 11.1 Å². The minimum absolute atomic E-state index is 0.204. The van der Waals surface area contributed by atoms with E-state index in [2.05, 4.69) is 22.4 Å². The Balaban J connectivity index is 1.63. The smallest absolute Gasteiger partial charge is 0.193 e. The van der Waals surface area contributed by atoms with Crippen LogP contribution in [0.2, 0.25) is 0 Å². The summed E-state index contributed by atoms with van der Waals surface area (Å²) in [5.74, 6) is 0.568. The predicted molar refractivity (Wildman–Crippen MR) is 94.6 cm³/mol. The summed E-state index contributed by atoms with van der Waals surface area (Å²) in [6.07, 6.45) is 7.69. The second-order valence-corrected chi connectivity index (χ2v) is 9.23. The van der Waals surface area contributed by atoms with Crippen LogP contribution >= 0.6 is 0 Å². The molecule has 1 saturated carbocycles. The number of benzene rings is 1. The fraction of sp³-hybridized carbons (Fsp3) is 0.588. The average Bonchev–Trinajstić information content (AvgIpc) is 2.88. The van der Waals surface area contributed by atoms with Crippen LogP contribution in [0.25, 0.3) is 0 Å². The van der Waals surface area contributed by atoms with Gasteiger partial charge in [0.2, 0.25) is 0 Å². The van der Waals surface area contributed by atoms with Crippen LogP contribution in [0.3, 0.4) is 0 Å². The molecule has 0 aliphatic heterocycles. The normalized spacial score (nSPS) is 20.0. The fourth-order valence-corrected chi connectivity index (χ4v) is 5.16. The minimum Gasteiger partial charge on any atom is -0.370 e. The first-order valence-electron chi connectivity index (χ1n) is 8.22. The van der Waals surface area contributed by atoms with Crippen LogP contribution in [-0.2, 0) is 22.7 Å². The van der Waals surface area contributed by atoms with Gasteiger partial charge in [-0.05, 0) is 55.4 Å². The van der Waals surface area contributed by atoms with Crippen LogP contribution in [0.5, 0.6) is 0 Å². The molecular weight excluding hydrogens is 310 g/mol. The van der Waals surface area contributed by atoms with Gasteiger partial charge in [-0.25, -0.2) is 8.42 Å². The Kier molecular flexibility index (Phi) is 4.36. The number of nitrogens with one attached hydrogen (secondary N) is 1. The number of anilines is 1. The van der Waals surface area contributed by atoms with E-state index >= 15 is 0 Å². The predicted octanol–water partition coefficient (Wildman–Crippen LogP) is 2.12. The van der Waals surface area contributed by atoms with Gasteiger partial charge in [0.05, 0.1) is 5.75 Å². The largest absolute Gasteiger partial charge is 0.370 e. The molecule has 5 nitrogen and oxygen atoms in total. The van der Waals surface area contributed by atoms with E-state index in [1.807, 2.05) is 6.07 Å². The lowest BCUT2D eigenvalue weighted by molar-refractivity contribution is 0.177. The molecule has 3 rings (SSSR count). The van der Waals surface area contributed by atoms with Gasteiger partial charge in [-0.15, -0.1) is 0 Å². The SMILES string of the molecule is CS(=O)(=O)CC1(CN=C(N)Nc2ccc3c(c2)CCC3)CCC1. The number of aryl methyl sites for hydroxylation is 2. The molecule has 0 amide bonds. The average molecular weight is 335 g/mol. The third kappa shape index (κ3) is 4.05. The Bertz CT molecular complexity index is 721. The molecule has 1 aromatic rings. The van der Waals surface area contributed by atoms with Crippen molar-refractivity contribution >= 4 is 21.5 Å². The molecule has 0 radical (unpaired) electrons. The summed E-state index contributed by atoms with van der Waals surface area (Å²) in [4.78, 5) is 4.41. The van der Waals surface area contributed by atoms with Gasteiger partial charge in [0.15, 0.2) is 5.96 Å². The number of guanidine groups is 1. The molecule has 0 unspecified atom stereocenters. The lowest BCUT2D eigenvalue weighted by Gasteiger charge is -2.40. The van der Waals surface area contributed by atoms with Gasteiger partial charge in [-0.3, -0.25) is 4.99 Å². The van der Waals surface area contributed by atoms with Crippen molar-refractivity contribution in [3.8, 4) is 0 Å². The zero-order chi connectivity index (χ0) is 16.5. The van der Waals surface area contributed by atoms with Crippen molar-refractivity contribution in [3.05, 3.63) is 29.3 Å². The van der Waals surface area contributed by atoms with Crippen LogP contribution in [0.4, 0.5) is 5.69 Å². The molecule has 0 aromatic heterocycles. The second-order valence-electron chi connectivity index (χ2n) is 7.09. The molecule has 0 atom stereocenters. The molecule has 1 fully saturated rings. The molecule has 2 aliphatic rings. The standard InChI is InChI=1S/C17H25N3O2S/c1-23(21,22)12-17(8-3-9-17)11-19-16(18)20-15-7-6-13-4-2-5-14(13)10-15/h6-7,10H,2-5,8-9,11-12H2,1H3,(H3,18,19,20). The molecule has 0 bridgehead atoms. The van der Waals surface area contributed by atoms with Gasteiger partial charge in [-0.1, -0.05) is 12.5 Å². The number of fused-ring (bicyclic) bond motifs is 1. The monoisotopic (exact) mass is 335 g/mol. The van der Waals surface area contributed by atoms with Crippen LogP contribution in [0.1, 0.15) is 36.8 Å². The molecule has 0 spiro atoms. The third-order valence-electron chi connectivity index (χ3n) is 4.94. The highest BCUT2D eigenvalue weighted by atomic mass is 32.2. The van der Waals surface area contributed by atoms with E-state index in [9.17, 15) is 8.42 Å². The lowest BCUT2D eigenvalue weighted by atomic mass is 9.70. The maximum Gasteiger partial charge on any atom is 0.193 e. The van der Waals surface area contributed by atoms with E-state index in [0.717, 1.165) is 37.8 Å². The Morgan fingerprint density at radius 3 is 2.65 bits per heavy atom. The third-order valence-corrected chi connectivity index (χ3v) is 6.08. The van der Waals surface area contributed by atoms with Gasteiger partial charge in [0, 0.05) is 23.9 Å². The maximum atomic E-state index is 11.6. The number of hydrogen-bond donors (Lipinski definition) is 2. The summed E-state index contributed by atoms with van der Waals surface area (Å²) in [5.41, 5.74) is 9.54. The second kappa shape index (κ2) is 6.15. The highest BCUT2D eigenvalue weighted by Gasteiger charge is 2.39. The number of nitrogens with two attached hydrogens (primary N) is 1. The molecule has 1 aromatic carbocycles. The van der Waals surface area contributed by atoms with Crippen LogP contribution in [0.15, 0.2) is 23.2 Å². The van der Waals surface area contributed by atoms with E-state index < -0.39 is 9.84 Å². The minimum atomic E-state index is -2.99. The van der Waals surface area contributed by atoms with E-state index in [1.165, 1.54) is 23.8 Å². The first-order chi connectivity index (χ1) is 10.9. The van der Waals surface area contributed by atoms with Crippen LogP contribution in [-0.4, -0.2) is 32.9 Å². The Hall–Kier alpha value is -1.56. The quantitative estimate of drug-likeness (QED) is 0.637. The molecule has 0 saturated heterocycles. The Morgan fingerprint density at radius 2 is 2.00 bits per heavy atom. The van der Waals surface area contributed by atoms with Gasteiger partial charge in [-0.2, -0.15) is 0 Å². The summed E-state index contributed by atoms with van der Waals surface area (Å²) in [6, 6.07) is 6.32. The van der Waals surface area contributed by atoms with Gasteiger partial charge >= 0.3 is 0 Å². The zero-order valence-corrected chi connectivity index (χ0v) is 14.5. The van der Waals surface area contributed by atoms with Gasteiger partial charge in [0.1, 0.15) is 9.84 Å². The van der Waals surface area contributed by atoms with E-state index in [4.69, 9.17) is 5.73 Å². The summed E-state index contributed by atoms with van der Waals surface area (Å²) < 4.78 is 23.2. The van der Waals surface area contributed by atoms with Gasteiger partial charge < -0.3 is 11.1 Å². The lowest BCUT2D eigenvalue weighted by Crippen LogP contribution is -2.40. The molecule has 23 heavy (non-hydrogen) atoms. The van der Waals surface area contributed by atoms with Crippen LogP contribution in [0, 0.1) is 5.41 Å². The number of sulfone groups is 1.